The highest BCUT2D eigenvalue weighted by atomic mass is 16.6. The topological polar surface area (TPSA) is 488 Å². The fourth-order valence-corrected chi connectivity index (χ4v) is 6.35. The molecule has 4 aromatic rings. The van der Waals surface area contributed by atoms with Gasteiger partial charge in [0.05, 0.1) is 76.1 Å². The lowest BCUT2D eigenvalue weighted by molar-refractivity contribution is -0.158. The van der Waals surface area contributed by atoms with Crippen LogP contribution in [0.1, 0.15) is 375 Å². The molecular weight excluding hydrogens is 1750 g/mol. The van der Waals surface area contributed by atoms with Crippen molar-refractivity contribution in [2.24, 2.45) is 51.2 Å². The maximum atomic E-state index is 11.7. The van der Waals surface area contributed by atoms with Crippen LogP contribution in [0.2, 0.25) is 0 Å². The quantitative estimate of drug-likeness (QED) is 0.00907. The Bertz CT molecular complexity index is 3620. The third-order valence-electron chi connectivity index (χ3n) is 17.7. The average Bonchev–Trinajstić information content (AvgIpc) is 0.777. The van der Waals surface area contributed by atoms with Gasteiger partial charge in [-0.25, -0.2) is 19.2 Å². The van der Waals surface area contributed by atoms with Crippen molar-refractivity contribution < 1.29 is 117 Å². The summed E-state index contributed by atoms with van der Waals surface area (Å²) >= 11 is 0. The van der Waals surface area contributed by atoms with Crippen molar-refractivity contribution in [1.29, 1.82) is 21.0 Å². The molecule has 0 aliphatic rings. The number of rotatable bonds is 34. The predicted molar refractivity (Wildman–Crippen MR) is 571 cm³/mol. The van der Waals surface area contributed by atoms with Gasteiger partial charge in [-0.15, -0.1) is 0 Å². The highest BCUT2D eigenvalue weighted by Crippen LogP contribution is 2.25. The molecule has 0 saturated carbocycles. The molecule has 2 amide bonds. The number of carbonyl (C=O) groups is 9. The van der Waals surface area contributed by atoms with E-state index in [0.29, 0.717) is 36.9 Å². The molecule has 7 atom stereocenters. The largest absolute Gasteiger partial charge is 0.508 e. The number of benzene rings is 4. The standard InChI is InChI=1S/2C16H22O6.C15H22N2O4.C15H20O5.C7H14O3.4C5H9N.18CH4/c1-4-16(2,3)15(20)22-10-13(18)9-21-14(19)11-5-7-12(17)8-6-11;1-4-16(2,3)15(20)22-10-11(17)9-21-14(19)12-7-5-6-8-13(12)18;1-4-15(2,3)13(19)21-10-9-16-14(20)17-11-5-7-12(18)8-6-11;1-4-15(2,3)14(18)20-10-9-19-13(17)11-5-7-12(16)8-6-11;1-3-6(2)7(9)10-5-4-8;4*1-3-5(2)4-6;;;;;;;;;;;;;;;;;;/h5-8,13,17-18H,4,9-10H2,1-3H3;5-8,11,17-18H,4,9-10H2,1-3H3;5-8,18H,4,9-10H2,1-3H3,(H2,16,17,20);5-8,16H,4,9-10H2,1-3H3;6,8H,3-5H2,1-2H3;4*5H,3H2,1-2H3;18*1H4. The van der Waals surface area contributed by atoms with Gasteiger partial charge in [0, 0.05) is 29.4 Å². The Balaban J connectivity index is -0.0000000520. The number of nitrogens with one attached hydrogen (secondary N) is 2. The number of esters is 8. The van der Waals surface area contributed by atoms with Gasteiger partial charge in [0.25, 0.3) is 0 Å². The van der Waals surface area contributed by atoms with E-state index in [-0.39, 0.29) is 281 Å². The number of anilines is 1. The van der Waals surface area contributed by atoms with Crippen LogP contribution in [0.3, 0.4) is 0 Å². The number of amides is 2. The number of hydrogen-bond acceptors (Lipinski definition) is 28. The number of aliphatic hydroxyl groups excluding tert-OH is 3. The number of urea groups is 1. The highest BCUT2D eigenvalue weighted by molar-refractivity contribution is 5.92. The molecule has 0 radical (unpaired) electrons. The molecule has 0 fully saturated rings. The van der Waals surface area contributed by atoms with Gasteiger partial charge < -0.3 is 84.3 Å². The molecule has 0 spiro atoms. The van der Waals surface area contributed by atoms with Gasteiger partial charge in [-0.3, -0.25) is 24.0 Å². The van der Waals surface area contributed by atoms with E-state index in [1.165, 1.54) is 72.8 Å². The Morgan fingerprint density at radius 2 is 0.613 bits per heavy atom. The highest BCUT2D eigenvalue weighted by Gasteiger charge is 2.31. The Hall–Kier alpha value is -11.0. The van der Waals surface area contributed by atoms with Gasteiger partial charge in [0.15, 0.2) is 0 Å². The summed E-state index contributed by atoms with van der Waals surface area (Å²) in [5.74, 6) is -2.55. The summed E-state index contributed by atoms with van der Waals surface area (Å²) in [6, 6.07) is 31.4. The van der Waals surface area contributed by atoms with Crippen LogP contribution >= 0.6 is 0 Å². The number of para-hydroxylation sites is 1. The summed E-state index contributed by atoms with van der Waals surface area (Å²) in [4.78, 5) is 104. The van der Waals surface area contributed by atoms with Crippen LogP contribution in [0, 0.1) is 96.6 Å². The fourth-order valence-electron chi connectivity index (χ4n) is 6.35. The number of nitrogens with zero attached hydrogens (tertiary/aromatic N) is 4. The Morgan fingerprint density at radius 1 is 0.343 bits per heavy atom. The monoisotopic (exact) mass is 1960 g/mol. The summed E-state index contributed by atoms with van der Waals surface area (Å²) in [5.41, 5.74) is -1.09. The number of nitriles is 4. The van der Waals surface area contributed by atoms with E-state index >= 15 is 0 Å². The van der Waals surface area contributed by atoms with Crippen molar-refractivity contribution >= 4 is 59.5 Å². The van der Waals surface area contributed by atoms with Crippen molar-refractivity contribution in [2.45, 2.75) is 356 Å². The molecule has 4 aromatic carbocycles. The van der Waals surface area contributed by atoms with Crippen molar-refractivity contribution in [1.82, 2.24) is 5.32 Å². The minimum atomic E-state index is -1.12. The molecule has 9 N–H and O–H groups in total. The van der Waals surface area contributed by atoms with E-state index in [2.05, 4.69) is 39.6 Å². The number of phenolic OH excluding ortho intramolecular Hbond substituents is 4. The van der Waals surface area contributed by atoms with Crippen LogP contribution in [0.5, 0.6) is 23.0 Å². The van der Waals surface area contributed by atoms with E-state index in [1.807, 2.05) is 104 Å². The van der Waals surface area contributed by atoms with Crippen LogP contribution in [-0.2, 0) is 61.9 Å². The summed E-state index contributed by atoms with van der Waals surface area (Å²) in [7, 11) is 0. The lowest BCUT2D eigenvalue weighted by atomic mass is 9.91. The third kappa shape index (κ3) is 93.7. The molecule has 137 heavy (non-hydrogen) atoms. The van der Waals surface area contributed by atoms with Crippen molar-refractivity contribution in [2.75, 3.05) is 71.3 Å². The van der Waals surface area contributed by atoms with Gasteiger partial charge in [-0.1, -0.05) is 215 Å². The van der Waals surface area contributed by atoms with Gasteiger partial charge in [-0.05, 0) is 226 Å². The number of ether oxygens (including phenoxy) is 8. The fraction of sp³-hybridized carbons (Fsp3) is 0.654. The molecule has 7 unspecified atom stereocenters. The lowest BCUT2D eigenvalue weighted by Crippen LogP contribution is -2.34. The Labute approximate surface area is 838 Å². The second kappa shape index (κ2) is 107. The molecule has 4 rings (SSSR count). The zero-order valence-electron chi connectivity index (χ0n) is 74.1. The molecule has 0 bridgehead atoms. The predicted octanol–water partition coefficient (Wildman–Crippen LogP) is 27.0. The van der Waals surface area contributed by atoms with E-state index in [9.17, 15) is 58.5 Å². The maximum absolute atomic E-state index is 11.7. The third-order valence-corrected chi connectivity index (χ3v) is 17.7. The molecule has 30 nitrogen and oxygen atoms in total. The van der Waals surface area contributed by atoms with E-state index in [4.69, 9.17) is 74.6 Å². The van der Waals surface area contributed by atoms with E-state index in [1.54, 1.807) is 72.7 Å². The SMILES string of the molecule is C.C.C.C.C.C.C.C.C.C.C.C.C.C.C.C.C.C.CCC(C)(C)C(=O)OCC(O)COC(=O)c1ccc(O)cc1.CCC(C)(C)C(=O)OCC(O)COC(=O)c1ccccc1O.CCC(C)(C)C(=O)OCCNC(=O)Nc1ccc(O)cc1.CCC(C)(C)C(=O)OCCOC(=O)c1ccc(O)cc1.CCC(C)C#N.CCC(C)C#N.CCC(C)C#N.CCC(C)C#N.CCC(C)C(=O)OCCO. The molecule has 810 valence electrons. The van der Waals surface area contributed by atoms with E-state index in [0.717, 1.165) is 32.1 Å². The van der Waals surface area contributed by atoms with Crippen LogP contribution in [0.15, 0.2) is 97.1 Å². The molecule has 0 heterocycles. The smallest absolute Gasteiger partial charge is 0.342 e. The van der Waals surface area contributed by atoms with Crippen molar-refractivity contribution in [3.63, 3.8) is 0 Å². The zero-order chi connectivity index (χ0) is 92.5. The first-order valence-corrected chi connectivity index (χ1v) is 39.8. The molecule has 0 aliphatic carbocycles. The summed E-state index contributed by atoms with van der Waals surface area (Å²) < 4.78 is 39.5. The minimum Gasteiger partial charge on any atom is -0.508 e. The first-order valence-electron chi connectivity index (χ1n) is 39.8. The second-order valence-electron chi connectivity index (χ2n) is 29.6. The number of aromatic hydroxyl groups is 4. The lowest BCUT2D eigenvalue weighted by Gasteiger charge is -2.21. The van der Waals surface area contributed by atoms with Gasteiger partial charge >= 0.3 is 53.8 Å². The van der Waals surface area contributed by atoms with Gasteiger partial charge in [0.1, 0.15) is 93.6 Å². The molecule has 30 heteroatoms. The number of carbonyl (C=O) groups excluding carboxylic acids is 9. The second-order valence-corrected chi connectivity index (χ2v) is 29.6. The van der Waals surface area contributed by atoms with Crippen LogP contribution in [0.4, 0.5) is 10.5 Å². The first kappa shape index (κ1) is 186. The molecule has 0 saturated heterocycles. The number of aliphatic hydroxyl groups is 3. The summed E-state index contributed by atoms with van der Waals surface area (Å²) in [6.45, 7) is 40.6. The van der Waals surface area contributed by atoms with Crippen molar-refractivity contribution in [3.05, 3.63) is 114 Å². The molecule has 0 aliphatic heterocycles. The van der Waals surface area contributed by atoms with Crippen LogP contribution < -0.4 is 10.6 Å². The molecule has 0 aromatic heterocycles. The maximum Gasteiger partial charge on any atom is 0.342 e. The minimum absolute atomic E-state index is 0. The first-order chi connectivity index (χ1) is 55.7. The number of phenols is 4. The molecular formula is C107H208N6O24. The summed E-state index contributed by atoms with van der Waals surface area (Å²) in [5, 5.41) is 102. The normalized spacial score (nSPS) is 10.5. The van der Waals surface area contributed by atoms with Gasteiger partial charge in [0.2, 0.25) is 0 Å². The van der Waals surface area contributed by atoms with E-state index < -0.39 is 69.7 Å². The Kier molecular flexibility index (Phi) is 145. The van der Waals surface area contributed by atoms with Crippen LogP contribution in [-0.4, -0.2) is 168 Å². The Morgan fingerprint density at radius 3 is 0.891 bits per heavy atom. The van der Waals surface area contributed by atoms with Crippen molar-refractivity contribution in [3.8, 4) is 47.3 Å². The van der Waals surface area contributed by atoms with Gasteiger partial charge in [-0.2, -0.15) is 21.0 Å². The number of hydrogen-bond donors (Lipinski definition) is 9. The zero-order valence-corrected chi connectivity index (χ0v) is 74.1. The van der Waals surface area contributed by atoms with Crippen LogP contribution in [0.25, 0.3) is 0 Å². The average molecular weight is 1960 g/mol. The summed E-state index contributed by atoms with van der Waals surface area (Å²) in [6.07, 6.45) is 5.07.